The van der Waals surface area contributed by atoms with Crippen molar-refractivity contribution in [1.29, 1.82) is 0 Å². The molecule has 1 aliphatic rings. The summed E-state index contributed by atoms with van der Waals surface area (Å²) in [6.07, 6.45) is 4.27. The van der Waals surface area contributed by atoms with E-state index in [2.05, 4.69) is 15.3 Å². The molecule has 0 saturated carbocycles. The highest BCUT2D eigenvalue weighted by Crippen LogP contribution is 2.23. The highest BCUT2D eigenvalue weighted by atomic mass is 16.5. The molecule has 0 unspecified atom stereocenters. The fourth-order valence-corrected chi connectivity index (χ4v) is 2.34. The monoisotopic (exact) mass is 264 g/mol. The average molecular weight is 264 g/mol. The van der Waals surface area contributed by atoms with Gasteiger partial charge in [-0.3, -0.25) is 4.79 Å². The number of nitrogens with one attached hydrogen (secondary N) is 1. The predicted molar refractivity (Wildman–Crippen MR) is 71.0 cm³/mol. The first-order valence-electron chi connectivity index (χ1n) is 6.67. The van der Waals surface area contributed by atoms with Crippen molar-refractivity contribution in [2.24, 2.45) is 5.92 Å². The number of rotatable bonds is 4. The number of aromatic nitrogens is 2. The molecule has 1 amide bonds. The van der Waals surface area contributed by atoms with Gasteiger partial charge in [-0.15, -0.1) is 0 Å². The van der Waals surface area contributed by atoms with Crippen molar-refractivity contribution in [1.82, 2.24) is 15.3 Å². The van der Waals surface area contributed by atoms with Gasteiger partial charge in [0.15, 0.2) is 0 Å². The number of nitrogen functional groups attached to an aromatic ring is 1. The molecule has 1 fully saturated rings. The van der Waals surface area contributed by atoms with Crippen LogP contribution in [0, 0.1) is 5.92 Å². The van der Waals surface area contributed by atoms with Gasteiger partial charge in [0.25, 0.3) is 0 Å². The zero-order chi connectivity index (χ0) is 13.7. The van der Waals surface area contributed by atoms with Gasteiger partial charge < -0.3 is 15.8 Å². The van der Waals surface area contributed by atoms with Crippen molar-refractivity contribution in [2.75, 3.05) is 12.3 Å². The van der Waals surface area contributed by atoms with Gasteiger partial charge in [0.1, 0.15) is 11.6 Å². The molecule has 0 aromatic carbocycles. The average Bonchev–Trinajstić information content (AvgIpc) is 2.45. The predicted octanol–water partition coefficient (Wildman–Crippen LogP) is 0.880. The van der Waals surface area contributed by atoms with Crippen molar-refractivity contribution >= 4 is 11.7 Å². The SMILES string of the molecule is CC[C@H]1OCCC[C@H]1C(=O)NCc1nccc(N)n1. The number of carbonyl (C=O) groups is 1. The number of anilines is 1. The molecule has 6 nitrogen and oxygen atoms in total. The van der Waals surface area contributed by atoms with E-state index in [0.29, 0.717) is 18.2 Å². The summed E-state index contributed by atoms with van der Waals surface area (Å²) in [6.45, 7) is 3.09. The Labute approximate surface area is 112 Å². The number of hydrogen-bond acceptors (Lipinski definition) is 5. The second-order valence-corrected chi connectivity index (χ2v) is 4.68. The Bertz CT molecular complexity index is 438. The molecule has 19 heavy (non-hydrogen) atoms. The van der Waals surface area contributed by atoms with E-state index in [-0.39, 0.29) is 17.9 Å². The summed E-state index contributed by atoms with van der Waals surface area (Å²) in [6, 6.07) is 1.62. The van der Waals surface area contributed by atoms with Gasteiger partial charge in [-0.2, -0.15) is 0 Å². The van der Waals surface area contributed by atoms with Crippen LogP contribution in [0.25, 0.3) is 0 Å². The van der Waals surface area contributed by atoms with Gasteiger partial charge in [-0.25, -0.2) is 9.97 Å². The van der Waals surface area contributed by atoms with Gasteiger partial charge in [-0.05, 0) is 25.3 Å². The second kappa shape index (κ2) is 6.47. The highest BCUT2D eigenvalue weighted by Gasteiger charge is 2.30. The standard InChI is InChI=1S/C13H20N4O2/c1-2-10-9(4-3-7-19-10)13(18)16-8-12-15-6-5-11(14)17-12/h5-6,9-10H,2-4,7-8H2,1H3,(H,16,18)(H2,14,15,17)/t9-,10-/m1/s1. The Morgan fingerprint density at radius 1 is 1.63 bits per heavy atom. The quantitative estimate of drug-likeness (QED) is 0.842. The number of ether oxygens (including phenoxy) is 1. The fourth-order valence-electron chi connectivity index (χ4n) is 2.34. The lowest BCUT2D eigenvalue weighted by atomic mass is 9.92. The van der Waals surface area contributed by atoms with E-state index in [1.165, 1.54) is 0 Å². The van der Waals surface area contributed by atoms with Crippen LogP contribution < -0.4 is 11.1 Å². The third-order valence-electron chi connectivity index (χ3n) is 3.33. The van der Waals surface area contributed by atoms with E-state index >= 15 is 0 Å². The number of nitrogens with zero attached hydrogens (tertiary/aromatic N) is 2. The Balaban J connectivity index is 1.89. The molecule has 2 heterocycles. The summed E-state index contributed by atoms with van der Waals surface area (Å²) in [7, 11) is 0. The second-order valence-electron chi connectivity index (χ2n) is 4.68. The van der Waals surface area contributed by atoms with Crippen molar-refractivity contribution < 1.29 is 9.53 Å². The zero-order valence-corrected chi connectivity index (χ0v) is 11.1. The van der Waals surface area contributed by atoms with Crippen LogP contribution in [0.15, 0.2) is 12.3 Å². The Hall–Kier alpha value is -1.69. The van der Waals surface area contributed by atoms with Crippen LogP contribution in [0.2, 0.25) is 0 Å². The third-order valence-corrected chi connectivity index (χ3v) is 3.33. The summed E-state index contributed by atoms with van der Waals surface area (Å²) >= 11 is 0. The summed E-state index contributed by atoms with van der Waals surface area (Å²) in [5.74, 6) is 0.877. The van der Waals surface area contributed by atoms with E-state index in [1.54, 1.807) is 12.3 Å². The van der Waals surface area contributed by atoms with Crippen LogP contribution in [-0.2, 0) is 16.1 Å². The summed E-state index contributed by atoms with van der Waals surface area (Å²) in [4.78, 5) is 20.3. The topological polar surface area (TPSA) is 90.1 Å². The molecule has 0 spiro atoms. The summed E-state index contributed by atoms with van der Waals surface area (Å²) in [5, 5.41) is 2.86. The molecular weight excluding hydrogens is 244 g/mol. The van der Waals surface area contributed by atoms with Gasteiger partial charge in [0.05, 0.1) is 18.6 Å². The number of amides is 1. The van der Waals surface area contributed by atoms with Crippen molar-refractivity contribution in [3.63, 3.8) is 0 Å². The summed E-state index contributed by atoms with van der Waals surface area (Å²) < 4.78 is 5.62. The molecule has 0 bridgehead atoms. The van der Waals surface area contributed by atoms with Crippen LogP contribution >= 0.6 is 0 Å². The van der Waals surface area contributed by atoms with E-state index in [0.717, 1.165) is 25.9 Å². The van der Waals surface area contributed by atoms with Crippen LogP contribution in [0.4, 0.5) is 5.82 Å². The normalized spacial score (nSPS) is 23.0. The van der Waals surface area contributed by atoms with Gasteiger partial charge in [0, 0.05) is 12.8 Å². The zero-order valence-electron chi connectivity index (χ0n) is 11.1. The Morgan fingerprint density at radius 3 is 3.21 bits per heavy atom. The van der Waals surface area contributed by atoms with E-state index in [4.69, 9.17) is 10.5 Å². The molecule has 1 aliphatic heterocycles. The molecule has 2 rings (SSSR count). The van der Waals surface area contributed by atoms with Crippen molar-refractivity contribution in [3.8, 4) is 0 Å². The third kappa shape index (κ3) is 3.64. The summed E-state index contributed by atoms with van der Waals surface area (Å²) in [5.41, 5.74) is 5.57. The number of nitrogens with two attached hydrogens (primary N) is 1. The van der Waals surface area contributed by atoms with Crippen LogP contribution in [0.5, 0.6) is 0 Å². The number of hydrogen-bond donors (Lipinski definition) is 2. The van der Waals surface area contributed by atoms with E-state index in [1.807, 2.05) is 6.92 Å². The molecule has 1 aromatic rings. The minimum absolute atomic E-state index is 0.0116. The van der Waals surface area contributed by atoms with Crippen LogP contribution in [-0.4, -0.2) is 28.6 Å². The molecule has 1 saturated heterocycles. The maximum atomic E-state index is 12.1. The maximum Gasteiger partial charge on any atom is 0.226 e. The minimum Gasteiger partial charge on any atom is -0.384 e. The van der Waals surface area contributed by atoms with Crippen LogP contribution in [0.1, 0.15) is 32.0 Å². The van der Waals surface area contributed by atoms with E-state index in [9.17, 15) is 4.79 Å². The molecule has 1 aromatic heterocycles. The molecular formula is C13H20N4O2. The first-order valence-corrected chi connectivity index (χ1v) is 6.67. The highest BCUT2D eigenvalue weighted by molar-refractivity contribution is 5.79. The van der Waals surface area contributed by atoms with Crippen molar-refractivity contribution in [2.45, 2.75) is 38.8 Å². The minimum atomic E-state index is -0.0696. The first kappa shape index (κ1) is 13.7. The first-order chi connectivity index (χ1) is 9.20. The lowest BCUT2D eigenvalue weighted by molar-refractivity contribution is -0.134. The fraction of sp³-hybridized carbons (Fsp3) is 0.615. The molecule has 2 atom stereocenters. The molecule has 104 valence electrons. The lowest BCUT2D eigenvalue weighted by Crippen LogP contribution is -2.41. The molecule has 0 radical (unpaired) electrons. The molecule has 3 N–H and O–H groups in total. The maximum absolute atomic E-state index is 12.1. The Morgan fingerprint density at radius 2 is 2.47 bits per heavy atom. The van der Waals surface area contributed by atoms with Crippen LogP contribution in [0.3, 0.4) is 0 Å². The smallest absolute Gasteiger partial charge is 0.226 e. The van der Waals surface area contributed by atoms with Gasteiger partial charge >= 0.3 is 0 Å². The van der Waals surface area contributed by atoms with Gasteiger partial charge in [0.2, 0.25) is 5.91 Å². The lowest BCUT2D eigenvalue weighted by Gasteiger charge is -2.29. The van der Waals surface area contributed by atoms with Crippen molar-refractivity contribution in [3.05, 3.63) is 18.1 Å². The number of carbonyl (C=O) groups excluding carboxylic acids is 1. The molecule has 6 heteroatoms. The largest absolute Gasteiger partial charge is 0.384 e. The van der Waals surface area contributed by atoms with E-state index < -0.39 is 0 Å². The van der Waals surface area contributed by atoms with Gasteiger partial charge in [-0.1, -0.05) is 6.92 Å². The molecule has 0 aliphatic carbocycles. The Kier molecular flexibility index (Phi) is 4.68.